The van der Waals surface area contributed by atoms with E-state index in [1.165, 1.54) is 60.4 Å². The predicted octanol–water partition coefficient (Wildman–Crippen LogP) is 15.0. The van der Waals surface area contributed by atoms with E-state index in [1.807, 2.05) is 55.4 Å². The van der Waals surface area contributed by atoms with Gasteiger partial charge in [0.15, 0.2) is 0 Å². The molecule has 0 aliphatic carbocycles. The average molecular weight is 1120 g/mol. The molecule has 0 amide bonds. The van der Waals surface area contributed by atoms with Crippen LogP contribution in [-0.4, -0.2) is 63.9 Å². The minimum Gasteiger partial charge on any atom is -0.405 e. The van der Waals surface area contributed by atoms with Crippen molar-refractivity contribution in [3.63, 3.8) is 0 Å². The second-order valence-corrected chi connectivity index (χ2v) is 22.4. The molecule has 0 spiro atoms. The lowest BCUT2D eigenvalue weighted by atomic mass is 9.49. The summed E-state index contributed by atoms with van der Waals surface area (Å²) in [6.07, 6.45) is 0. The monoisotopic (exact) mass is 1120 g/mol. The van der Waals surface area contributed by atoms with Crippen LogP contribution in [-0.2, 0) is 27.9 Å². The molecule has 8 nitrogen and oxygen atoms in total. The molecule has 0 unspecified atom stereocenters. The van der Waals surface area contributed by atoms with E-state index < -0.39 is 14.0 Å². The van der Waals surface area contributed by atoms with Gasteiger partial charge in [-0.1, -0.05) is 114 Å². The molecule has 368 valence electrons. The zero-order chi connectivity index (χ0) is 48.8. The Labute approximate surface area is 444 Å². The Morgan fingerprint density at radius 2 is 0.686 bits per heavy atom. The number of rotatable bonds is 4. The molecule has 11 rings (SSSR count). The van der Waals surface area contributed by atoms with Crippen molar-refractivity contribution < 1.29 is 29.4 Å². The fraction of sp³-hybridized carbons (Fsp3) is 0.368. The summed E-state index contributed by atoms with van der Waals surface area (Å²) >= 11 is 3.65. The zero-order valence-electron chi connectivity index (χ0n) is 42.6. The third-order valence-electron chi connectivity index (χ3n) is 15.4. The van der Waals surface area contributed by atoms with Crippen molar-refractivity contribution in [1.29, 1.82) is 0 Å². The number of benzene rings is 6. The van der Waals surface area contributed by atoms with Gasteiger partial charge in [0, 0.05) is 38.8 Å². The van der Waals surface area contributed by atoms with Crippen LogP contribution in [0.25, 0.3) is 55.0 Å². The van der Waals surface area contributed by atoms with Crippen LogP contribution < -0.4 is 5.46 Å². The quantitative estimate of drug-likeness (QED) is 0.129. The van der Waals surface area contributed by atoms with Crippen LogP contribution in [0.2, 0.25) is 0 Å². The Balaban J connectivity index is 0.000000176. The van der Waals surface area contributed by atoms with Crippen LogP contribution in [0.3, 0.4) is 0 Å². The van der Waals surface area contributed by atoms with E-state index in [-0.39, 0.29) is 73.6 Å². The number of aromatic nitrogens is 2. The summed E-state index contributed by atoms with van der Waals surface area (Å²) in [7, 11) is -1.32. The molecular formula is C57H71B3BrIN2O6. The highest BCUT2D eigenvalue weighted by Gasteiger charge is 2.63. The number of halogens is 2. The van der Waals surface area contributed by atoms with Crippen LogP contribution >= 0.6 is 39.9 Å². The Hall–Kier alpha value is -3.92. The first-order chi connectivity index (χ1) is 31.9. The lowest BCUT2D eigenvalue weighted by Gasteiger charge is -2.32. The summed E-state index contributed by atoms with van der Waals surface area (Å²) in [5.41, 5.74) is 8.57. The van der Waals surface area contributed by atoms with Crippen molar-refractivity contribution in [3.8, 4) is 11.4 Å². The summed E-state index contributed by atoms with van der Waals surface area (Å²) in [5.74, 6) is 0. The van der Waals surface area contributed by atoms with Gasteiger partial charge >= 0.3 is 21.1 Å². The van der Waals surface area contributed by atoms with Crippen molar-refractivity contribution in [2.75, 3.05) is 0 Å². The molecular weight excluding hydrogens is 1050 g/mol. The molecule has 3 saturated heterocycles. The Bertz CT molecular complexity index is 3020. The third kappa shape index (κ3) is 9.59. The summed E-state index contributed by atoms with van der Waals surface area (Å²) in [4.78, 5) is 0. The van der Waals surface area contributed by atoms with Crippen LogP contribution in [0.15, 0.2) is 138 Å². The highest BCUT2D eigenvalue weighted by molar-refractivity contribution is 14.0. The van der Waals surface area contributed by atoms with Gasteiger partial charge in [0.1, 0.15) is 0 Å². The smallest absolute Gasteiger partial charge is 0.405 e. The molecule has 70 heavy (non-hydrogen) atoms. The number of fused-ring (bicyclic) bond motifs is 6. The van der Waals surface area contributed by atoms with E-state index in [4.69, 9.17) is 27.9 Å². The average Bonchev–Trinajstić information content (AvgIpc) is 3.99. The maximum Gasteiger partial charge on any atom is 0.495 e. The second-order valence-electron chi connectivity index (χ2n) is 21.6. The van der Waals surface area contributed by atoms with E-state index in [0.29, 0.717) is 0 Å². The summed E-state index contributed by atoms with van der Waals surface area (Å²) < 4.78 is 42.3. The Kier molecular flexibility index (Phi) is 15.0. The van der Waals surface area contributed by atoms with E-state index in [0.717, 1.165) is 15.6 Å². The first kappa shape index (κ1) is 53.9. The minimum atomic E-state index is -0.476. The topological polar surface area (TPSA) is 65.2 Å². The largest absolute Gasteiger partial charge is 0.495 e. The van der Waals surface area contributed by atoms with Crippen LogP contribution in [0.1, 0.15) is 103 Å². The molecule has 3 aliphatic heterocycles. The number of aryl methyl sites for hydroxylation is 2. The van der Waals surface area contributed by atoms with Gasteiger partial charge in [0.25, 0.3) is 0 Å². The van der Waals surface area contributed by atoms with E-state index in [1.54, 1.807) is 0 Å². The molecule has 0 radical (unpaired) electrons. The number of para-hydroxylation sites is 4. The summed E-state index contributed by atoms with van der Waals surface area (Å²) in [5, 5.41) is 5.12. The van der Waals surface area contributed by atoms with E-state index in [2.05, 4.69) is 200 Å². The number of hydrogen-bond acceptors (Lipinski definition) is 6. The lowest BCUT2D eigenvalue weighted by molar-refractivity contribution is 0.00578. The van der Waals surface area contributed by atoms with Gasteiger partial charge in [-0.15, -0.1) is 24.0 Å². The SMILES string of the molecule is C.CC1(C)OB(B2OC(C)(C)C(C)(C)O2)OC1(C)C.Cc1ccc(-n2c3ccccc3c3ccccc32)cc1B1OC(C)(C)C(C)(C)O1.Cc1ccc(-n2c3ccccc3c3ccccc32)cc1Br.I.[HH]. The first-order valence-electron chi connectivity index (χ1n) is 23.8. The van der Waals surface area contributed by atoms with Gasteiger partial charge in [0.05, 0.1) is 55.7 Å². The van der Waals surface area contributed by atoms with Gasteiger partial charge in [-0.3, -0.25) is 0 Å². The van der Waals surface area contributed by atoms with Crippen LogP contribution in [0, 0.1) is 13.8 Å². The number of hydrogen-bond donors (Lipinski definition) is 0. The van der Waals surface area contributed by atoms with Crippen molar-refractivity contribution >= 4 is 110 Å². The van der Waals surface area contributed by atoms with Gasteiger partial charge in [-0.2, -0.15) is 0 Å². The summed E-state index contributed by atoms with van der Waals surface area (Å²) in [6, 6.07) is 47.4. The van der Waals surface area contributed by atoms with E-state index in [9.17, 15) is 0 Å². The van der Waals surface area contributed by atoms with Crippen molar-refractivity contribution in [2.24, 2.45) is 0 Å². The zero-order valence-corrected chi connectivity index (χ0v) is 46.5. The lowest BCUT2D eigenvalue weighted by Crippen LogP contribution is -2.41. The van der Waals surface area contributed by atoms with Crippen LogP contribution in [0.4, 0.5) is 0 Å². The summed E-state index contributed by atoms with van der Waals surface area (Å²) in [6.45, 7) is 28.8. The van der Waals surface area contributed by atoms with Gasteiger partial charge in [-0.05, 0) is 156 Å². The van der Waals surface area contributed by atoms with E-state index >= 15 is 0 Å². The van der Waals surface area contributed by atoms with Crippen LogP contribution in [0.5, 0.6) is 0 Å². The first-order valence-corrected chi connectivity index (χ1v) is 24.6. The molecule has 0 atom stereocenters. The van der Waals surface area contributed by atoms with Crippen molar-refractivity contribution in [2.45, 2.75) is 138 Å². The maximum atomic E-state index is 6.35. The molecule has 0 saturated carbocycles. The highest BCUT2D eigenvalue weighted by Crippen LogP contribution is 2.43. The molecule has 0 N–H and O–H groups in total. The maximum absolute atomic E-state index is 6.35. The molecule has 0 bridgehead atoms. The third-order valence-corrected chi connectivity index (χ3v) is 16.2. The fourth-order valence-electron chi connectivity index (χ4n) is 9.11. The standard InChI is InChI=1S/C25H26BNO2.C19H14BrN.C12H24B2O4.CH4.HI.H2/c1-17-14-15-18(16-21(17)26-28-24(2,3)25(4,5)29-26)27-22-12-8-6-10-19(22)20-11-7-9-13-23(20)27;1-13-10-11-14(12-17(13)20)21-18-8-4-2-6-15(18)16-7-3-5-9-19(16)21;1-9(2)10(3,4)16-13(15-9)14-17-11(5,6)12(7,8)18-14;;;/h6-16H,1-5H3;2-12H,1H3;1-8H3;1H4;2*1H. The Morgan fingerprint density at radius 3 is 1.01 bits per heavy atom. The molecule has 5 heterocycles. The van der Waals surface area contributed by atoms with Gasteiger partial charge < -0.3 is 37.1 Å². The molecule has 2 aromatic heterocycles. The molecule has 3 fully saturated rings. The van der Waals surface area contributed by atoms with Crippen molar-refractivity contribution in [1.82, 2.24) is 9.13 Å². The number of nitrogens with zero attached hydrogens (tertiary/aromatic N) is 2. The molecule has 3 aliphatic rings. The molecule has 8 aromatic rings. The van der Waals surface area contributed by atoms with Crippen molar-refractivity contribution in [3.05, 3.63) is 149 Å². The second kappa shape index (κ2) is 19.5. The normalized spacial score (nSPS) is 19.1. The fourth-order valence-corrected chi connectivity index (χ4v) is 9.48. The van der Waals surface area contributed by atoms with Gasteiger partial charge in [-0.25, -0.2) is 0 Å². The Morgan fingerprint density at radius 1 is 0.400 bits per heavy atom. The highest BCUT2D eigenvalue weighted by atomic mass is 127. The predicted molar refractivity (Wildman–Crippen MR) is 311 cm³/mol. The molecule has 6 aromatic carbocycles. The minimum absolute atomic E-state index is 0. The van der Waals surface area contributed by atoms with Gasteiger partial charge in [0.2, 0.25) is 0 Å². The molecule has 13 heteroatoms.